The minimum atomic E-state index is -3.52. The molecule has 3 heterocycles. The first kappa shape index (κ1) is 18.8. The van der Waals surface area contributed by atoms with Crippen molar-refractivity contribution in [2.75, 3.05) is 26.2 Å². The summed E-state index contributed by atoms with van der Waals surface area (Å²) < 4.78 is 28.7. The summed E-state index contributed by atoms with van der Waals surface area (Å²) in [4.78, 5) is 7.33. The third kappa shape index (κ3) is 3.75. The number of hydrogen-bond donors (Lipinski definition) is 0. The number of nitrogens with zero attached hydrogens (tertiary/aromatic N) is 3. The van der Waals surface area contributed by atoms with Crippen LogP contribution in [0.5, 0.6) is 0 Å². The highest BCUT2D eigenvalue weighted by molar-refractivity contribution is 7.89. The molecule has 2 aromatic rings. The monoisotopic (exact) mass is 387 g/mol. The van der Waals surface area contributed by atoms with Gasteiger partial charge in [0.25, 0.3) is 0 Å². The number of benzene rings is 1. The smallest absolute Gasteiger partial charge is 0.243 e. The molecule has 2 saturated heterocycles. The lowest BCUT2D eigenvalue weighted by Gasteiger charge is -2.38. The first-order valence-corrected chi connectivity index (χ1v) is 11.6. The Morgan fingerprint density at radius 1 is 1.00 bits per heavy atom. The van der Waals surface area contributed by atoms with E-state index in [2.05, 4.69) is 9.88 Å². The molecule has 4 rings (SSSR count). The van der Waals surface area contributed by atoms with Gasteiger partial charge in [0.1, 0.15) is 0 Å². The van der Waals surface area contributed by atoms with Crippen molar-refractivity contribution >= 4 is 20.9 Å². The molecule has 0 radical (unpaired) electrons. The van der Waals surface area contributed by atoms with E-state index in [9.17, 15) is 8.42 Å². The lowest BCUT2D eigenvalue weighted by atomic mass is 10.1. The second-order valence-electron chi connectivity index (χ2n) is 7.89. The Morgan fingerprint density at radius 2 is 1.78 bits per heavy atom. The number of likely N-dealkylation sites (tertiary alicyclic amines) is 1. The molecule has 1 aromatic heterocycles. The van der Waals surface area contributed by atoms with E-state index in [1.807, 2.05) is 25.1 Å². The van der Waals surface area contributed by atoms with Crippen LogP contribution in [0.25, 0.3) is 10.9 Å². The highest BCUT2D eigenvalue weighted by Gasteiger charge is 2.33. The normalized spacial score (nSPS) is 23.4. The van der Waals surface area contributed by atoms with E-state index >= 15 is 0 Å². The molecule has 0 spiro atoms. The molecule has 2 aliphatic rings. The molecule has 0 amide bonds. The molecule has 1 unspecified atom stereocenters. The van der Waals surface area contributed by atoms with Gasteiger partial charge in [0, 0.05) is 30.7 Å². The van der Waals surface area contributed by atoms with Crippen molar-refractivity contribution in [2.24, 2.45) is 0 Å². The van der Waals surface area contributed by atoms with Gasteiger partial charge in [0.05, 0.1) is 10.4 Å². The third-order valence-electron chi connectivity index (χ3n) is 6.07. The maximum atomic E-state index is 13.5. The first-order chi connectivity index (χ1) is 13.1. The fourth-order valence-corrected chi connectivity index (χ4v) is 6.25. The van der Waals surface area contributed by atoms with E-state index in [0.29, 0.717) is 24.0 Å². The fraction of sp³-hybridized carbons (Fsp3) is 0.571. The van der Waals surface area contributed by atoms with Crippen LogP contribution in [0.2, 0.25) is 0 Å². The predicted octanol–water partition coefficient (Wildman–Crippen LogP) is 3.57. The molecular formula is C21H29N3O2S. The largest absolute Gasteiger partial charge is 0.299 e. The van der Waals surface area contributed by atoms with E-state index in [-0.39, 0.29) is 0 Å². The summed E-state index contributed by atoms with van der Waals surface area (Å²) in [6.45, 7) is 5.41. The summed E-state index contributed by atoms with van der Waals surface area (Å²) in [7, 11) is -3.52. The van der Waals surface area contributed by atoms with Crippen LogP contribution in [0.3, 0.4) is 0 Å². The molecular weight excluding hydrogens is 358 g/mol. The van der Waals surface area contributed by atoms with Crippen LogP contribution >= 0.6 is 0 Å². The van der Waals surface area contributed by atoms with Crippen molar-refractivity contribution in [1.82, 2.24) is 14.2 Å². The Balaban J connectivity index is 1.63. The van der Waals surface area contributed by atoms with Gasteiger partial charge >= 0.3 is 0 Å². The van der Waals surface area contributed by atoms with Gasteiger partial charge in [-0.1, -0.05) is 18.9 Å². The minimum Gasteiger partial charge on any atom is -0.299 e. The van der Waals surface area contributed by atoms with E-state index in [1.165, 1.54) is 25.7 Å². The quantitative estimate of drug-likeness (QED) is 0.808. The van der Waals surface area contributed by atoms with Crippen molar-refractivity contribution in [3.63, 3.8) is 0 Å². The fourth-order valence-electron chi connectivity index (χ4n) is 4.55. The summed E-state index contributed by atoms with van der Waals surface area (Å²) in [5.41, 5.74) is 1.78. The second kappa shape index (κ2) is 7.86. The number of pyridine rings is 1. The number of aromatic nitrogens is 1. The standard InChI is InChI=1S/C21H29N3O2S/c1-17-10-11-20(19-9-6-12-22-21(17)19)27(25,26)24-15-7-8-18(16-24)23-13-4-2-3-5-14-23/h6,9-12,18H,2-5,7-8,13-16H2,1H3. The van der Waals surface area contributed by atoms with Gasteiger partial charge in [-0.05, 0) is 69.5 Å². The SMILES string of the molecule is Cc1ccc(S(=O)(=O)N2CCCC(N3CCCCCC3)C2)c2cccnc12. The molecule has 0 N–H and O–H groups in total. The number of rotatable bonds is 3. The van der Waals surface area contributed by atoms with Gasteiger partial charge in [-0.15, -0.1) is 0 Å². The van der Waals surface area contributed by atoms with Crippen molar-refractivity contribution in [1.29, 1.82) is 0 Å². The molecule has 6 heteroatoms. The molecule has 0 bridgehead atoms. The number of aryl methyl sites for hydroxylation is 1. The minimum absolute atomic E-state index is 0.349. The van der Waals surface area contributed by atoms with Crippen LogP contribution in [0, 0.1) is 6.92 Å². The van der Waals surface area contributed by atoms with Crippen molar-refractivity contribution in [3.05, 3.63) is 36.0 Å². The maximum absolute atomic E-state index is 13.5. The summed E-state index contributed by atoms with van der Waals surface area (Å²) in [5, 5.41) is 0.731. The summed E-state index contributed by atoms with van der Waals surface area (Å²) >= 11 is 0. The molecule has 1 aromatic carbocycles. The van der Waals surface area contributed by atoms with Crippen molar-refractivity contribution in [3.8, 4) is 0 Å². The lowest BCUT2D eigenvalue weighted by Crippen LogP contribution is -2.50. The van der Waals surface area contributed by atoms with Gasteiger partial charge in [-0.3, -0.25) is 9.88 Å². The second-order valence-corrected chi connectivity index (χ2v) is 9.80. The van der Waals surface area contributed by atoms with Gasteiger partial charge in [0.15, 0.2) is 0 Å². The number of piperidine rings is 1. The zero-order chi connectivity index (χ0) is 18.9. The van der Waals surface area contributed by atoms with Gasteiger partial charge in [-0.2, -0.15) is 4.31 Å². The summed E-state index contributed by atoms with van der Waals surface area (Å²) in [5.74, 6) is 0. The van der Waals surface area contributed by atoms with E-state index in [4.69, 9.17) is 0 Å². The average molecular weight is 388 g/mol. The number of fused-ring (bicyclic) bond motifs is 1. The Morgan fingerprint density at radius 3 is 2.56 bits per heavy atom. The molecule has 0 aliphatic carbocycles. The Labute approximate surface area is 162 Å². The molecule has 2 fully saturated rings. The predicted molar refractivity (Wildman–Crippen MR) is 108 cm³/mol. The van der Waals surface area contributed by atoms with Crippen LogP contribution < -0.4 is 0 Å². The van der Waals surface area contributed by atoms with Crippen LogP contribution in [-0.4, -0.2) is 54.8 Å². The Hall–Kier alpha value is -1.50. The van der Waals surface area contributed by atoms with Crippen molar-refractivity contribution in [2.45, 2.75) is 56.4 Å². The van der Waals surface area contributed by atoms with E-state index < -0.39 is 10.0 Å². The Bertz CT molecular complexity index is 905. The molecule has 2 aliphatic heterocycles. The van der Waals surface area contributed by atoms with Crippen LogP contribution in [-0.2, 0) is 10.0 Å². The average Bonchev–Trinajstić information content (AvgIpc) is 2.98. The highest BCUT2D eigenvalue weighted by Crippen LogP contribution is 2.29. The lowest BCUT2D eigenvalue weighted by molar-refractivity contribution is 0.139. The van der Waals surface area contributed by atoms with Gasteiger partial charge < -0.3 is 0 Å². The Kier molecular flexibility index (Phi) is 5.48. The third-order valence-corrected chi connectivity index (χ3v) is 7.99. The molecule has 5 nitrogen and oxygen atoms in total. The number of sulfonamides is 1. The topological polar surface area (TPSA) is 53.5 Å². The molecule has 0 saturated carbocycles. The molecule has 146 valence electrons. The van der Waals surface area contributed by atoms with Gasteiger partial charge in [-0.25, -0.2) is 8.42 Å². The summed E-state index contributed by atoms with van der Waals surface area (Å²) in [6.07, 6.45) is 8.82. The zero-order valence-corrected chi connectivity index (χ0v) is 16.9. The van der Waals surface area contributed by atoms with Gasteiger partial charge in [0.2, 0.25) is 10.0 Å². The van der Waals surface area contributed by atoms with Crippen LogP contribution in [0.15, 0.2) is 35.4 Å². The maximum Gasteiger partial charge on any atom is 0.243 e. The van der Waals surface area contributed by atoms with E-state index in [1.54, 1.807) is 16.6 Å². The number of hydrogen-bond acceptors (Lipinski definition) is 4. The van der Waals surface area contributed by atoms with Crippen LogP contribution in [0.4, 0.5) is 0 Å². The first-order valence-electron chi connectivity index (χ1n) is 10.2. The van der Waals surface area contributed by atoms with Crippen LogP contribution in [0.1, 0.15) is 44.1 Å². The molecule has 1 atom stereocenters. The van der Waals surface area contributed by atoms with E-state index in [0.717, 1.165) is 42.4 Å². The van der Waals surface area contributed by atoms with Crippen molar-refractivity contribution < 1.29 is 8.42 Å². The zero-order valence-electron chi connectivity index (χ0n) is 16.1. The highest BCUT2D eigenvalue weighted by atomic mass is 32.2. The summed E-state index contributed by atoms with van der Waals surface area (Å²) in [6, 6.07) is 7.67. The molecule has 27 heavy (non-hydrogen) atoms.